The van der Waals surface area contributed by atoms with E-state index in [4.69, 9.17) is 0 Å². The summed E-state index contributed by atoms with van der Waals surface area (Å²) < 4.78 is 0. The van der Waals surface area contributed by atoms with Crippen LogP contribution in [0.1, 0.15) is 39.0 Å². The molecular formula is C19H28N4O2. The van der Waals surface area contributed by atoms with Gasteiger partial charge in [0.1, 0.15) is 11.9 Å². The third-order valence-corrected chi connectivity index (χ3v) is 5.19. The quantitative estimate of drug-likeness (QED) is 0.840. The molecule has 0 radical (unpaired) electrons. The van der Waals surface area contributed by atoms with Gasteiger partial charge in [-0.15, -0.1) is 0 Å². The molecule has 1 aromatic rings. The van der Waals surface area contributed by atoms with E-state index >= 15 is 0 Å². The molecule has 3 rings (SSSR count). The second-order valence-electron chi connectivity index (χ2n) is 6.81. The number of piperidine rings is 1. The zero-order valence-corrected chi connectivity index (χ0v) is 15.1. The molecule has 136 valence electrons. The first-order valence-corrected chi connectivity index (χ1v) is 9.45. The van der Waals surface area contributed by atoms with Gasteiger partial charge in [0.2, 0.25) is 11.8 Å². The van der Waals surface area contributed by atoms with E-state index in [0.29, 0.717) is 13.0 Å². The van der Waals surface area contributed by atoms with Crippen molar-refractivity contribution in [3.05, 3.63) is 24.4 Å². The molecule has 3 heterocycles. The summed E-state index contributed by atoms with van der Waals surface area (Å²) in [4.78, 5) is 35.7. The van der Waals surface area contributed by atoms with Crippen LogP contribution < -0.4 is 4.90 Å². The number of rotatable bonds is 3. The van der Waals surface area contributed by atoms with Crippen LogP contribution in [0.25, 0.3) is 0 Å². The third-order valence-electron chi connectivity index (χ3n) is 5.19. The molecule has 0 unspecified atom stereocenters. The average molecular weight is 344 g/mol. The van der Waals surface area contributed by atoms with Gasteiger partial charge in [-0.25, -0.2) is 4.98 Å². The number of aromatic nitrogens is 1. The van der Waals surface area contributed by atoms with Crippen molar-refractivity contribution in [3.8, 4) is 0 Å². The minimum Gasteiger partial charge on any atom is -0.355 e. The van der Waals surface area contributed by atoms with E-state index in [1.807, 2.05) is 34.9 Å². The standard InChI is InChI=1S/C19H28N4O2/c1-2-18(24)23-13-6-4-8-16(23)19(25)22-12-7-11-21(14-15-22)17-9-3-5-10-20-17/h3,5,9-10,16H,2,4,6-8,11-15H2,1H3/t16-/m1/s1. The van der Waals surface area contributed by atoms with Crippen LogP contribution in [0.3, 0.4) is 0 Å². The topological polar surface area (TPSA) is 56.8 Å². The Kier molecular flexibility index (Phi) is 5.89. The maximum absolute atomic E-state index is 13.1. The maximum Gasteiger partial charge on any atom is 0.245 e. The first-order valence-electron chi connectivity index (χ1n) is 9.45. The predicted octanol–water partition coefficient (Wildman–Crippen LogP) is 1.91. The van der Waals surface area contributed by atoms with Crippen molar-refractivity contribution in [2.75, 3.05) is 37.6 Å². The zero-order chi connectivity index (χ0) is 17.6. The highest BCUT2D eigenvalue weighted by Crippen LogP contribution is 2.21. The lowest BCUT2D eigenvalue weighted by Crippen LogP contribution is -2.53. The van der Waals surface area contributed by atoms with Crippen LogP contribution in [0, 0.1) is 0 Å². The minimum absolute atomic E-state index is 0.1000. The molecule has 6 heteroatoms. The van der Waals surface area contributed by atoms with E-state index in [9.17, 15) is 9.59 Å². The first kappa shape index (κ1) is 17.7. The van der Waals surface area contributed by atoms with Crippen molar-refractivity contribution in [1.29, 1.82) is 0 Å². The van der Waals surface area contributed by atoms with Gasteiger partial charge in [0.25, 0.3) is 0 Å². The number of pyridine rings is 1. The van der Waals surface area contributed by atoms with Crippen molar-refractivity contribution >= 4 is 17.6 Å². The predicted molar refractivity (Wildman–Crippen MR) is 97.3 cm³/mol. The summed E-state index contributed by atoms with van der Waals surface area (Å²) in [5.41, 5.74) is 0. The average Bonchev–Trinajstić information content (AvgIpc) is 2.94. The van der Waals surface area contributed by atoms with E-state index in [-0.39, 0.29) is 17.9 Å². The largest absolute Gasteiger partial charge is 0.355 e. The van der Waals surface area contributed by atoms with Gasteiger partial charge >= 0.3 is 0 Å². The highest BCUT2D eigenvalue weighted by atomic mass is 16.2. The highest BCUT2D eigenvalue weighted by molar-refractivity contribution is 5.88. The number of hydrogen-bond acceptors (Lipinski definition) is 4. The van der Waals surface area contributed by atoms with Crippen LogP contribution >= 0.6 is 0 Å². The molecule has 6 nitrogen and oxygen atoms in total. The van der Waals surface area contributed by atoms with Gasteiger partial charge in [-0.2, -0.15) is 0 Å². The van der Waals surface area contributed by atoms with Crippen molar-refractivity contribution in [1.82, 2.24) is 14.8 Å². The van der Waals surface area contributed by atoms with Crippen LogP contribution in [0.4, 0.5) is 5.82 Å². The first-order chi connectivity index (χ1) is 12.2. The monoisotopic (exact) mass is 344 g/mol. The lowest BCUT2D eigenvalue weighted by molar-refractivity contribution is -0.147. The Morgan fingerprint density at radius 2 is 1.96 bits per heavy atom. The number of carbonyl (C=O) groups is 2. The van der Waals surface area contributed by atoms with Crippen molar-refractivity contribution in [2.45, 2.75) is 45.1 Å². The lowest BCUT2D eigenvalue weighted by atomic mass is 10.00. The molecule has 0 aromatic carbocycles. The number of amides is 2. The molecule has 2 aliphatic rings. The summed E-state index contributed by atoms with van der Waals surface area (Å²) in [5, 5.41) is 0. The van der Waals surface area contributed by atoms with E-state index in [2.05, 4.69) is 9.88 Å². The van der Waals surface area contributed by atoms with Gasteiger partial charge in [0.15, 0.2) is 0 Å². The van der Waals surface area contributed by atoms with Crippen LogP contribution in [-0.2, 0) is 9.59 Å². The molecule has 0 N–H and O–H groups in total. The number of hydrogen-bond donors (Lipinski definition) is 0. The molecule has 2 amide bonds. The molecule has 0 aliphatic carbocycles. The van der Waals surface area contributed by atoms with Gasteiger partial charge < -0.3 is 14.7 Å². The number of likely N-dealkylation sites (tertiary alicyclic amines) is 1. The summed E-state index contributed by atoms with van der Waals surface area (Å²) in [6, 6.07) is 5.66. The minimum atomic E-state index is -0.261. The van der Waals surface area contributed by atoms with E-state index < -0.39 is 0 Å². The molecule has 0 spiro atoms. The molecule has 25 heavy (non-hydrogen) atoms. The van der Waals surface area contributed by atoms with Crippen LogP contribution in [-0.4, -0.2) is 65.4 Å². The van der Waals surface area contributed by atoms with E-state index in [1.54, 1.807) is 6.20 Å². The van der Waals surface area contributed by atoms with E-state index in [0.717, 1.165) is 57.7 Å². The van der Waals surface area contributed by atoms with Crippen LogP contribution in [0.5, 0.6) is 0 Å². The third kappa shape index (κ3) is 4.11. The summed E-state index contributed by atoms with van der Waals surface area (Å²) in [6.45, 7) is 5.74. The summed E-state index contributed by atoms with van der Waals surface area (Å²) >= 11 is 0. The van der Waals surface area contributed by atoms with Crippen LogP contribution in [0.15, 0.2) is 24.4 Å². The molecule has 0 saturated carbocycles. The molecule has 0 bridgehead atoms. The number of anilines is 1. The Morgan fingerprint density at radius 3 is 2.72 bits per heavy atom. The number of carbonyl (C=O) groups excluding carboxylic acids is 2. The Balaban J connectivity index is 1.65. The molecular weight excluding hydrogens is 316 g/mol. The Labute approximate surface area is 149 Å². The Hall–Kier alpha value is -2.11. The zero-order valence-electron chi connectivity index (χ0n) is 15.1. The smallest absolute Gasteiger partial charge is 0.245 e. The molecule has 1 aromatic heterocycles. The maximum atomic E-state index is 13.1. The Bertz CT molecular complexity index is 592. The SMILES string of the molecule is CCC(=O)N1CCCC[C@@H]1C(=O)N1CCCN(c2ccccn2)CC1. The summed E-state index contributed by atoms with van der Waals surface area (Å²) in [6.07, 6.45) is 6.03. The normalized spacial score (nSPS) is 21.8. The van der Waals surface area contributed by atoms with E-state index in [1.165, 1.54) is 0 Å². The fourth-order valence-electron chi connectivity index (χ4n) is 3.81. The van der Waals surface area contributed by atoms with Gasteiger partial charge in [-0.1, -0.05) is 13.0 Å². The fraction of sp³-hybridized carbons (Fsp3) is 0.632. The second kappa shape index (κ2) is 8.32. The molecule has 2 aliphatic heterocycles. The highest BCUT2D eigenvalue weighted by Gasteiger charge is 2.34. The van der Waals surface area contributed by atoms with Gasteiger partial charge in [-0.3, -0.25) is 9.59 Å². The second-order valence-corrected chi connectivity index (χ2v) is 6.81. The fourth-order valence-corrected chi connectivity index (χ4v) is 3.81. The van der Waals surface area contributed by atoms with Crippen LogP contribution in [0.2, 0.25) is 0 Å². The number of nitrogens with zero attached hydrogens (tertiary/aromatic N) is 4. The van der Waals surface area contributed by atoms with Crippen molar-refractivity contribution < 1.29 is 9.59 Å². The van der Waals surface area contributed by atoms with Crippen molar-refractivity contribution in [3.63, 3.8) is 0 Å². The van der Waals surface area contributed by atoms with Gasteiger partial charge in [-0.05, 0) is 37.8 Å². The van der Waals surface area contributed by atoms with Gasteiger partial charge in [0.05, 0.1) is 0 Å². The molecule has 2 fully saturated rings. The molecule has 2 saturated heterocycles. The Morgan fingerprint density at radius 1 is 1.08 bits per heavy atom. The lowest BCUT2D eigenvalue weighted by Gasteiger charge is -2.37. The summed E-state index contributed by atoms with van der Waals surface area (Å²) in [5.74, 6) is 1.20. The summed E-state index contributed by atoms with van der Waals surface area (Å²) in [7, 11) is 0. The molecule has 1 atom stereocenters. The van der Waals surface area contributed by atoms with Crippen molar-refractivity contribution in [2.24, 2.45) is 0 Å². The van der Waals surface area contributed by atoms with Gasteiger partial charge in [0, 0.05) is 45.3 Å².